The number of fused-ring (bicyclic) bond motifs is 1. The Kier molecular flexibility index (Phi) is 7.42. The summed E-state index contributed by atoms with van der Waals surface area (Å²) in [5.41, 5.74) is -0.747. The van der Waals surface area contributed by atoms with Crippen molar-refractivity contribution in [2.75, 3.05) is 20.8 Å². The number of carboxylic acid groups (broad SMARTS) is 1. The predicted molar refractivity (Wildman–Crippen MR) is 114 cm³/mol. The third-order valence-electron chi connectivity index (χ3n) is 4.70. The molecule has 1 aromatic heterocycles. The van der Waals surface area contributed by atoms with Crippen molar-refractivity contribution in [2.45, 2.75) is 6.18 Å². The van der Waals surface area contributed by atoms with Crippen molar-refractivity contribution < 1.29 is 56.4 Å². The molecule has 1 heterocycles. The number of rotatable bonds is 8. The third-order valence-corrected chi connectivity index (χ3v) is 4.70. The van der Waals surface area contributed by atoms with Crippen molar-refractivity contribution in [3.8, 4) is 17.2 Å². The first-order chi connectivity index (χ1) is 17.0. The van der Waals surface area contributed by atoms with Crippen LogP contribution in [0.1, 0.15) is 26.4 Å². The quantitative estimate of drug-likeness (QED) is 0.275. The SMILES string of the molecule is COc1cc2c(C(=O)OC(=O)C(F)(F)F)cnc(C(=O)c3cccc(OCC(=O)O)c3)c2cc1OC. The maximum absolute atomic E-state index is 13.3. The van der Waals surface area contributed by atoms with Gasteiger partial charge in [-0.15, -0.1) is 0 Å². The molecule has 36 heavy (non-hydrogen) atoms. The van der Waals surface area contributed by atoms with Crippen molar-refractivity contribution in [3.63, 3.8) is 0 Å². The summed E-state index contributed by atoms with van der Waals surface area (Å²) in [6, 6.07) is 8.02. The number of alkyl halides is 3. The number of carbonyl (C=O) groups is 4. The van der Waals surface area contributed by atoms with Gasteiger partial charge in [-0.3, -0.25) is 9.78 Å². The molecule has 0 fully saturated rings. The predicted octanol–water partition coefficient (Wildman–Crippen LogP) is 3.19. The summed E-state index contributed by atoms with van der Waals surface area (Å²) in [7, 11) is 2.56. The van der Waals surface area contributed by atoms with Gasteiger partial charge in [-0.05, 0) is 24.3 Å². The molecule has 0 bridgehead atoms. The van der Waals surface area contributed by atoms with Crippen LogP contribution in [-0.2, 0) is 14.3 Å². The van der Waals surface area contributed by atoms with Crippen LogP contribution in [0.5, 0.6) is 17.2 Å². The maximum atomic E-state index is 13.3. The van der Waals surface area contributed by atoms with E-state index in [1.807, 2.05) is 0 Å². The normalized spacial score (nSPS) is 11.0. The molecule has 0 atom stereocenters. The minimum atomic E-state index is -5.41. The highest BCUT2D eigenvalue weighted by Crippen LogP contribution is 2.36. The molecule has 0 saturated heterocycles. The van der Waals surface area contributed by atoms with E-state index < -0.39 is 42.0 Å². The largest absolute Gasteiger partial charge is 0.493 e. The fourth-order valence-corrected chi connectivity index (χ4v) is 3.12. The van der Waals surface area contributed by atoms with E-state index in [9.17, 15) is 32.3 Å². The average Bonchev–Trinajstić information content (AvgIpc) is 2.84. The second-order valence-electron chi connectivity index (χ2n) is 6.99. The number of halogens is 3. The Bertz CT molecular complexity index is 1370. The summed E-state index contributed by atoms with van der Waals surface area (Å²) >= 11 is 0. The second-order valence-corrected chi connectivity index (χ2v) is 6.99. The zero-order valence-corrected chi connectivity index (χ0v) is 18.5. The molecule has 13 heteroatoms. The zero-order chi connectivity index (χ0) is 26.6. The topological polar surface area (TPSA) is 138 Å². The van der Waals surface area contributed by atoms with Crippen molar-refractivity contribution >= 4 is 34.5 Å². The second kappa shape index (κ2) is 10.3. The number of esters is 2. The van der Waals surface area contributed by atoms with E-state index in [1.165, 1.54) is 50.6 Å². The molecular weight excluding hydrogens is 491 g/mol. The number of pyridine rings is 1. The Hall–Kier alpha value is -4.68. The molecule has 3 aromatic rings. The van der Waals surface area contributed by atoms with Gasteiger partial charge in [0.2, 0.25) is 5.78 Å². The Morgan fingerprint density at radius 2 is 1.61 bits per heavy atom. The van der Waals surface area contributed by atoms with Gasteiger partial charge < -0.3 is 24.1 Å². The van der Waals surface area contributed by atoms with E-state index >= 15 is 0 Å². The van der Waals surface area contributed by atoms with Crippen LogP contribution in [0, 0.1) is 0 Å². The third kappa shape index (κ3) is 5.51. The van der Waals surface area contributed by atoms with Gasteiger partial charge in [0, 0.05) is 22.5 Å². The minimum absolute atomic E-state index is 0.0246. The molecular formula is C23H16F3NO9. The molecule has 0 aliphatic rings. The fourth-order valence-electron chi connectivity index (χ4n) is 3.12. The molecule has 1 N–H and O–H groups in total. The van der Waals surface area contributed by atoms with Crippen LogP contribution in [0.4, 0.5) is 13.2 Å². The Morgan fingerprint density at radius 1 is 0.972 bits per heavy atom. The van der Waals surface area contributed by atoms with E-state index in [1.54, 1.807) is 0 Å². The number of ether oxygens (including phenoxy) is 4. The van der Waals surface area contributed by atoms with Crippen LogP contribution < -0.4 is 14.2 Å². The number of hydrogen-bond acceptors (Lipinski definition) is 9. The number of benzene rings is 2. The number of methoxy groups -OCH3 is 2. The number of aliphatic carboxylic acids is 1. The summed E-state index contributed by atoms with van der Waals surface area (Å²) < 4.78 is 57.1. The van der Waals surface area contributed by atoms with Crippen LogP contribution in [-0.4, -0.2) is 60.8 Å². The number of hydrogen-bond donors (Lipinski definition) is 1. The van der Waals surface area contributed by atoms with Crippen molar-refractivity contribution in [2.24, 2.45) is 0 Å². The molecule has 0 radical (unpaired) electrons. The van der Waals surface area contributed by atoms with E-state index in [4.69, 9.17) is 19.3 Å². The molecule has 0 spiro atoms. The zero-order valence-electron chi connectivity index (χ0n) is 18.5. The van der Waals surface area contributed by atoms with E-state index in [2.05, 4.69) is 9.72 Å². The lowest BCUT2D eigenvalue weighted by atomic mass is 9.99. The molecule has 0 aliphatic heterocycles. The molecule has 10 nitrogen and oxygen atoms in total. The standard InChI is InChI=1S/C23H16F3NO9/c1-33-16-7-13-14(8-17(16)34-2)19(27-9-15(13)21(31)36-22(32)23(24,25)26)20(30)11-4-3-5-12(6-11)35-10-18(28)29/h3-9H,10H2,1-2H3,(H,28,29). The Balaban J connectivity index is 2.14. The van der Waals surface area contributed by atoms with Gasteiger partial charge in [-0.25, -0.2) is 14.4 Å². The summed E-state index contributed by atoms with van der Waals surface area (Å²) in [5, 5.41) is 8.63. The smallest absolute Gasteiger partial charge is 0.491 e. The highest BCUT2D eigenvalue weighted by atomic mass is 19.4. The molecule has 0 saturated carbocycles. The summed E-state index contributed by atoms with van der Waals surface area (Å²) in [6.45, 7) is -0.650. The van der Waals surface area contributed by atoms with Gasteiger partial charge in [0.25, 0.3) is 0 Å². The summed E-state index contributed by atoms with van der Waals surface area (Å²) in [6.07, 6.45) is -4.62. The van der Waals surface area contributed by atoms with Crippen LogP contribution in [0.2, 0.25) is 0 Å². The van der Waals surface area contributed by atoms with Crippen LogP contribution >= 0.6 is 0 Å². The van der Waals surface area contributed by atoms with Gasteiger partial charge in [0.05, 0.1) is 19.8 Å². The van der Waals surface area contributed by atoms with E-state index in [0.717, 1.165) is 6.20 Å². The number of ketones is 1. The molecule has 2 aromatic carbocycles. The first-order valence-corrected chi connectivity index (χ1v) is 9.83. The first-order valence-electron chi connectivity index (χ1n) is 9.83. The van der Waals surface area contributed by atoms with Gasteiger partial charge in [-0.1, -0.05) is 12.1 Å². The van der Waals surface area contributed by atoms with Crippen molar-refractivity contribution in [3.05, 3.63) is 59.4 Å². The average molecular weight is 507 g/mol. The Morgan fingerprint density at radius 3 is 2.19 bits per heavy atom. The van der Waals surface area contributed by atoms with Gasteiger partial charge in [-0.2, -0.15) is 13.2 Å². The highest BCUT2D eigenvalue weighted by molar-refractivity contribution is 6.18. The number of aromatic nitrogens is 1. The van der Waals surface area contributed by atoms with E-state index in [0.29, 0.717) is 0 Å². The van der Waals surface area contributed by atoms with Crippen molar-refractivity contribution in [1.29, 1.82) is 0 Å². The molecule has 0 unspecified atom stereocenters. The first kappa shape index (κ1) is 25.9. The molecule has 0 amide bonds. The molecule has 0 aliphatic carbocycles. The summed E-state index contributed by atoms with van der Waals surface area (Å²) in [4.78, 5) is 51.5. The molecule has 3 rings (SSSR count). The van der Waals surface area contributed by atoms with Gasteiger partial charge in [0.15, 0.2) is 18.1 Å². The monoisotopic (exact) mass is 507 g/mol. The van der Waals surface area contributed by atoms with Gasteiger partial charge >= 0.3 is 24.1 Å². The lowest BCUT2D eigenvalue weighted by Gasteiger charge is -2.14. The van der Waals surface area contributed by atoms with E-state index in [-0.39, 0.29) is 39.3 Å². The van der Waals surface area contributed by atoms with Crippen LogP contribution in [0.15, 0.2) is 42.6 Å². The number of carbonyl (C=O) groups excluding carboxylic acids is 3. The van der Waals surface area contributed by atoms with Crippen molar-refractivity contribution in [1.82, 2.24) is 4.98 Å². The Labute approximate surface area is 200 Å². The lowest BCUT2D eigenvalue weighted by Crippen LogP contribution is -2.28. The lowest BCUT2D eigenvalue weighted by molar-refractivity contribution is -0.193. The minimum Gasteiger partial charge on any atom is -0.493 e. The highest BCUT2D eigenvalue weighted by Gasteiger charge is 2.43. The molecule has 188 valence electrons. The van der Waals surface area contributed by atoms with Crippen LogP contribution in [0.3, 0.4) is 0 Å². The maximum Gasteiger partial charge on any atom is 0.491 e. The fraction of sp³-hybridized carbons (Fsp3) is 0.174. The van der Waals surface area contributed by atoms with Gasteiger partial charge in [0.1, 0.15) is 11.4 Å². The van der Waals surface area contributed by atoms with Crippen LogP contribution in [0.25, 0.3) is 10.8 Å². The number of carboxylic acids is 1. The summed E-state index contributed by atoms with van der Waals surface area (Å²) in [5.74, 6) is -6.04. The number of nitrogens with zero attached hydrogens (tertiary/aromatic N) is 1.